The zero-order valence-corrected chi connectivity index (χ0v) is 10.5. The Morgan fingerprint density at radius 3 is 2.87 bits per heavy atom. The first-order valence-electron chi connectivity index (χ1n) is 5.05. The smallest absolute Gasteiger partial charge is 0.123 e. The highest BCUT2D eigenvalue weighted by molar-refractivity contribution is 9.09. The monoisotopic (exact) mass is 274 g/mol. The standard InChI is InChI=1S/C12H16BrFO/c1-15-6-5-11(9-13)7-10-3-2-4-12(14)8-10/h2-4,8,11H,5-7,9H2,1H3. The Labute approximate surface area is 98.8 Å². The summed E-state index contributed by atoms with van der Waals surface area (Å²) in [4.78, 5) is 0. The zero-order chi connectivity index (χ0) is 11.1. The summed E-state index contributed by atoms with van der Waals surface area (Å²) in [5, 5.41) is 0.923. The van der Waals surface area contributed by atoms with Crippen molar-refractivity contribution >= 4 is 15.9 Å². The molecule has 0 saturated carbocycles. The lowest BCUT2D eigenvalue weighted by atomic mass is 9.98. The third kappa shape index (κ3) is 4.76. The van der Waals surface area contributed by atoms with Gasteiger partial charge in [0.25, 0.3) is 0 Å². The van der Waals surface area contributed by atoms with E-state index in [9.17, 15) is 4.39 Å². The summed E-state index contributed by atoms with van der Waals surface area (Å²) in [6.45, 7) is 0.756. The summed E-state index contributed by atoms with van der Waals surface area (Å²) in [5.41, 5.74) is 1.05. The third-order valence-electron chi connectivity index (χ3n) is 2.36. The van der Waals surface area contributed by atoms with Gasteiger partial charge in [0.05, 0.1) is 0 Å². The molecule has 1 unspecified atom stereocenters. The lowest BCUT2D eigenvalue weighted by molar-refractivity contribution is 0.181. The molecule has 0 N–H and O–H groups in total. The van der Waals surface area contributed by atoms with Crippen LogP contribution in [0, 0.1) is 11.7 Å². The molecule has 1 atom stereocenters. The van der Waals surface area contributed by atoms with Gasteiger partial charge >= 0.3 is 0 Å². The minimum Gasteiger partial charge on any atom is -0.385 e. The Morgan fingerprint density at radius 2 is 2.27 bits per heavy atom. The fourth-order valence-corrected chi connectivity index (χ4v) is 2.07. The van der Waals surface area contributed by atoms with Crippen LogP contribution in [-0.2, 0) is 11.2 Å². The fraction of sp³-hybridized carbons (Fsp3) is 0.500. The first-order chi connectivity index (χ1) is 7.26. The SMILES string of the molecule is COCCC(CBr)Cc1cccc(F)c1. The van der Waals surface area contributed by atoms with E-state index in [1.54, 1.807) is 19.2 Å². The molecule has 0 radical (unpaired) electrons. The number of ether oxygens (including phenoxy) is 1. The second kappa shape index (κ2) is 6.96. The van der Waals surface area contributed by atoms with Gasteiger partial charge in [0.2, 0.25) is 0 Å². The van der Waals surface area contributed by atoms with Crippen molar-refractivity contribution < 1.29 is 9.13 Å². The Hall–Kier alpha value is -0.410. The van der Waals surface area contributed by atoms with Crippen molar-refractivity contribution in [2.45, 2.75) is 12.8 Å². The third-order valence-corrected chi connectivity index (χ3v) is 3.28. The van der Waals surface area contributed by atoms with Crippen LogP contribution in [0.15, 0.2) is 24.3 Å². The lowest BCUT2D eigenvalue weighted by Gasteiger charge is -2.13. The molecular formula is C12H16BrFO. The molecule has 1 aromatic carbocycles. The molecule has 0 saturated heterocycles. The van der Waals surface area contributed by atoms with Gasteiger partial charge in [-0.05, 0) is 36.5 Å². The van der Waals surface area contributed by atoms with E-state index >= 15 is 0 Å². The first kappa shape index (κ1) is 12.7. The molecule has 0 heterocycles. The van der Waals surface area contributed by atoms with Gasteiger partial charge in [-0.3, -0.25) is 0 Å². The number of methoxy groups -OCH3 is 1. The second-order valence-corrected chi connectivity index (χ2v) is 4.28. The molecule has 0 aliphatic carbocycles. The summed E-state index contributed by atoms with van der Waals surface area (Å²) in [7, 11) is 1.70. The molecule has 3 heteroatoms. The number of halogens is 2. The topological polar surface area (TPSA) is 9.23 Å². The van der Waals surface area contributed by atoms with Gasteiger partial charge < -0.3 is 4.74 Å². The Bertz CT molecular complexity index is 291. The molecule has 1 rings (SSSR count). The molecule has 0 fully saturated rings. The fourth-order valence-electron chi connectivity index (χ4n) is 1.52. The Kier molecular flexibility index (Phi) is 5.88. The van der Waals surface area contributed by atoms with E-state index in [1.807, 2.05) is 6.07 Å². The van der Waals surface area contributed by atoms with Gasteiger partial charge in [-0.25, -0.2) is 4.39 Å². The zero-order valence-electron chi connectivity index (χ0n) is 8.88. The van der Waals surface area contributed by atoms with E-state index < -0.39 is 0 Å². The number of alkyl halides is 1. The summed E-state index contributed by atoms with van der Waals surface area (Å²) >= 11 is 3.47. The van der Waals surface area contributed by atoms with Crippen molar-refractivity contribution in [2.75, 3.05) is 19.0 Å². The predicted molar refractivity (Wildman–Crippen MR) is 63.9 cm³/mol. The largest absolute Gasteiger partial charge is 0.385 e. The van der Waals surface area contributed by atoms with Crippen molar-refractivity contribution in [2.24, 2.45) is 5.92 Å². The van der Waals surface area contributed by atoms with Crippen molar-refractivity contribution in [1.82, 2.24) is 0 Å². The Morgan fingerprint density at radius 1 is 1.47 bits per heavy atom. The van der Waals surface area contributed by atoms with Crippen LogP contribution in [0.4, 0.5) is 4.39 Å². The molecule has 1 nitrogen and oxygen atoms in total. The van der Waals surface area contributed by atoms with Crippen LogP contribution in [0.3, 0.4) is 0 Å². The molecule has 0 bridgehead atoms. The van der Waals surface area contributed by atoms with Crippen LogP contribution in [0.1, 0.15) is 12.0 Å². The predicted octanol–water partition coefficient (Wildman–Crippen LogP) is 3.42. The lowest BCUT2D eigenvalue weighted by Crippen LogP contribution is -2.09. The molecule has 84 valence electrons. The summed E-state index contributed by atoms with van der Waals surface area (Å²) in [6.07, 6.45) is 1.89. The van der Waals surface area contributed by atoms with Gasteiger partial charge in [-0.2, -0.15) is 0 Å². The minimum absolute atomic E-state index is 0.160. The van der Waals surface area contributed by atoms with Gasteiger partial charge in [-0.15, -0.1) is 0 Å². The molecule has 0 amide bonds. The normalized spacial score (nSPS) is 12.7. The molecule has 15 heavy (non-hydrogen) atoms. The molecule has 0 aliphatic rings. The first-order valence-corrected chi connectivity index (χ1v) is 6.17. The van der Waals surface area contributed by atoms with Crippen LogP contribution in [0.5, 0.6) is 0 Å². The van der Waals surface area contributed by atoms with Gasteiger partial charge in [0, 0.05) is 19.0 Å². The number of hydrogen-bond donors (Lipinski definition) is 0. The van der Waals surface area contributed by atoms with E-state index in [0.717, 1.165) is 30.3 Å². The van der Waals surface area contributed by atoms with Crippen molar-refractivity contribution in [3.05, 3.63) is 35.6 Å². The van der Waals surface area contributed by atoms with Crippen molar-refractivity contribution in [1.29, 1.82) is 0 Å². The van der Waals surface area contributed by atoms with Gasteiger partial charge in [-0.1, -0.05) is 28.1 Å². The quantitative estimate of drug-likeness (QED) is 0.723. The van der Waals surface area contributed by atoms with E-state index in [1.165, 1.54) is 6.07 Å². The van der Waals surface area contributed by atoms with Crippen molar-refractivity contribution in [3.8, 4) is 0 Å². The molecular weight excluding hydrogens is 259 g/mol. The van der Waals surface area contributed by atoms with Crippen LogP contribution in [-0.4, -0.2) is 19.0 Å². The molecule has 0 spiro atoms. The highest BCUT2D eigenvalue weighted by Crippen LogP contribution is 2.15. The average Bonchev–Trinajstić information content (AvgIpc) is 2.24. The number of rotatable bonds is 6. The number of benzene rings is 1. The minimum atomic E-state index is -0.160. The second-order valence-electron chi connectivity index (χ2n) is 3.64. The van der Waals surface area contributed by atoms with E-state index in [-0.39, 0.29) is 5.82 Å². The average molecular weight is 275 g/mol. The molecule has 0 aromatic heterocycles. The van der Waals surface area contributed by atoms with Crippen LogP contribution < -0.4 is 0 Å². The summed E-state index contributed by atoms with van der Waals surface area (Å²) < 4.78 is 18.0. The van der Waals surface area contributed by atoms with Crippen LogP contribution >= 0.6 is 15.9 Å². The Balaban J connectivity index is 2.50. The maximum absolute atomic E-state index is 12.9. The number of hydrogen-bond acceptors (Lipinski definition) is 1. The van der Waals surface area contributed by atoms with Crippen molar-refractivity contribution in [3.63, 3.8) is 0 Å². The van der Waals surface area contributed by atoms with E-state index in [2.05, 4.69) is 15.9 Å². The molecule has 0 aliphatic heterocycles. The maximum Gasteiger partial charge on any atom is 0.123 e. The van der Waals surface area contributed by atoms with E-state index in [4.69, 9.17) is 4.74 Å². The van der Waals surface area contributed by atoms with Crippen LogP contribution in [0.25, 0.3) is 0 Å². The van der Waals surface area contributed by atoms with Gasteiger partial charge in [0.15, 0.2) is 0 Å². The van der Waals surface area contributed by atoms with Gasteiger partial charge in [0.1, 0.15) is 5.82 Å². The van der Waals surface area contributed by atoms with Crippen LogP contribution in [0.2, 0.25) is 0 Å². The van der Waals surface area contributed by atoms with E-state index in [0.29, 0.717) is 5.92 Å². The highest BCUT2D eigenvalue weighted by Gasteiger charge is 2.08. The maximum atomic E-state index is 12.9. The molecule has 1 aromatic rings. The highest BCUT2D eigenvalue weighted by atomic mass is 79.9. The summed E-state index contributed by atoms with van der Waals surface area (Å²) in [5.74, 6) is 0.347. The summed E-state index contributed by atoms with van der Waals surface area (Å²) in [6, 6.07) is 6.79.